The number of rotatable bonds is 5. The van der Waals surface area contributed by atoms with Crippen LogP contribution in [0.3, 0.4) is 0 Å². The summed E-state index contributed by atoms with van der Waals surface area (Å²) in [6.45, 7) is 4.24. The fourth-order valence-electron chi connectivity index (χ4n) is 4.13. The summed E-state index contributed by atoms with van der Waals surface area (Å²) in [6.07, 6.45) is 7.67. The van der Waals surface area contributed by atoms with Gasteiger partial charge in [-0.2, -0.15) is 5.26 Å². The standard InChI is InChI=1S/C19H28N4O/c20-13-17-7-4-8-19(21-17)23-11-10-22(18(15-23)9-12-24)14-16-5-2-1-3-6-16/h4,7-8,16,18,24H,1-3,5-6,9-12,14-15H2. The molecule has 5 nitrogen and oxygen atoms in total. The number of aromatic nitrogens is 1. The molecular formula is C19H28N4O. The molecule has 3 rings (SSSR count). The number of pyridine rings is 1. The molecule has 1 N–H and O–H groups in total. The Labute approximate surface area is 144 Å². The van der Waals surface area contributed by atoms with E-state index in [-0.39, 0.29) is 6.61 Å². The quantitative estimate of drug-likeness (QED) is 0.899. The van der Waals surface area contributed by atoms with Gasteiger partial charge in [-0.05, 0) is 37.3 Å². The molecule has 0 spiro atoms. The van der Waals surface area contributed by atoms with Crippen LogP contribution in [0.4, 0.5) is 5.82 Å². The minimum atomic E-state index is 0.228. The molecule has 1 saturated heterocycles. The molecule has 0 amide bonds. The Morgan fingerprint density at radius 1 is 1.21 bits per heavy atom. The molecule has 0 radical (unpaired) electrons. The van der Waals surface area contributed by atoms with Crippen molar-refractivity contribution in [3.05, 3.63) is 23.9 Å². The summed E-state index contributed by atoms with van der Waals surface area (Å²) >= 11 is 0. The van der Waals surface area contributed by atoms with Gasteiger partial charge in [-0.3, -0.25) is 4.90 Å². The zero-order valence-corrected chi connectivity index (χ0v) is 14.4. The first-order chi connectivity index (χ1) is 11.8. The van der Waals surface area contributed by atoms with Gasteiger partial charge < -0.3 is 10.0 Å². The Bertz CT molecular complexity index is 565. The summed E-state index contributed by atoms with van der Waals surface area (Å²) in [5.74, 6) is 1.71. The number of piperazine rings is 1. The summed E-state index contributed by atoms with van der Waals surface area (Å²) in [7, 11) is 0. The summed E-state index contributed by atoms with van der Waals surface area (Å²) in [5, 5.41) is 18.5. The van der Waals surface area contributed by atoms with E-state index in [9.17, 15) is 5.11 Å². The van der Waals surface area contributed by atoms with Crippen LogP contribution in [0, 0.1) is 17.2 Å². The predicted molar refractivity (Wildman–Crippen MR) is 94.8 cm³/mol. The van der Waals surface area contributed by atoms with Crippen LogP contribution in [-0.4, -0.2) is 53.8 Å². The van der Waals surface area contributed by atoms with E-state index in [1.165, 1.54) is 38.6 Å². The van der Waals surface area contributed by atoms with E-state index in [0.29, 0.717) is 11.7 Å². The maximum atomic E-state index is 9.48. The van der Waals surface area contributed by atoms with E-state index >= 15 is 0 Å². The molecule has 2 heterocycles. The number of nitrogens with zero attached hydrogens (tertiary/aromatic N) is 4. The number of nitriles is 1. The molecule has 5 heteroatoms. The highest BCUT2D eigenvalue weighted by Gasteiger charge is 2.29. The summed E-state index contributed by atoms with van der Waals surface area (Å²) in [5.41, 5.74) is 0.468. The molecule has 130 valence electrons. The van der Waals surface area contributed by atoms with Crippen LogP contribution < -0.4 is 4.90 Å². The lowest BCUT2D eigenvalue weighted by molar-refractivity contribution is 0.112. The molecule has 1 atom stereocenters. The van der Waals surface area contributed by atoms with Crippen LogP contribution in [0.25, 0.3) is 0 Å². The smallest absolute Gasteiger partial charge is 0.142 e. The van der Waals surface area contributed by atoms with Crippen LogP contribution in [0.15, 0.2) is 18.2 Å². The van der Waals surface area contributed by atoms with Gasteiger partial charge in [0.1, 0.15) is 17.6 Å². The van der Waals surface area contributed by atoms with Crippen molar-refractivity contribution < 1.29 is 5.11 Å². The van der Waals surface area contributed by atoms with Gasteiger partial charge in [-0.25, -0.2) is 4.98 Å². The molecule has 1 unspecified atom stereocenters. The highest BCUT2D eigenvalue weighted by atomic mass is 16.3. The minimum absolute atomic E-state index is 0.228. The van der Waals surface area contributed by atoms with Crippen molar-refractivity contribution in [1.29, 1.82) is 5.26 Å². The average molecular weight is 328 g/mol. The summed E-state index contributed by atoms with van der Waals surface area (Å²) in [4.78, 5) is 9.28. The Kier molecular flexibility index (Phi) is 6.06. The fourth-order valence-corrected chi connectivity index (χ4v) is 4.13. The lowest BCUT2D eigenvalue weighted by atomic mass is 9.88. The lowest BCUT2D eigenvalue weighted by Crippen LogP contribution is -2.55. The van der Waals surface area contributed by atoms with E-state index in [1.807, 2.05) is 12.1 Å². The van der Waals surface area contributed by atoms with Crippen LogP contribution >= 0.6 is 0 Å². The summed E-state index contributed by atoms with van der Waals surface area (Å²) < 4.78 is 0. The molecule has 0 bridgehead atoms. The number of hydrogen-bond donors (Lipinski definition) is 1. The Morgan fingerprint density at radius 2 is 2.04 bits per heavy atom. The van der Waals surface area contributed by atoms with Gasteiger partial charge in [0, 0.05) is 38.8 Å². The van der Waals surface area contributed by atoms with Crippen LogP contribution in [0.2, 0.25) is 0 Å². The van der Waals surface area contributed by atoms with Crippen molar-refractivity contribution in [3.8, 4) is 6.07 Å². The molecule has 1 aliphatic heterocycles. The second kappa shape index (κ2) is 8.46. The zero-order chi connectivity index (χ0) is 16.8. The number of aliphatic hydroxyl groups is 1. The van der Waals surface area contributed by atoms with Gasteiger partial charge in [0.25, 0.3) is 0 Å². The van der Waals surface area contributed by atoms with Gasteiger partial charge in [0.2, 0.25) is 0 Å². The van der Waals surface area contributed by atoms with Crippen molar-refractivity contribution in [2.75, 3.05) is 37.7 Å². The first-order valence-corrected chi connectivity index (χ1v) is 9.27. The third-order valence-electron chi connectivity index (χ3n) is 5.46. The zero-order valence-electron chi connectivity index (χ0n) is 14.4. The van der Waals surface area contributed by atoms with Crippen molar-refractivity contribution in [1.82, 2.24) is 9.88 Å². The molecule has 24 heavy (non-hydrogen) atoms. The number of anilines is 1. The third kappa shape index (κ3) is 4.25. The second-order valence-corrected chi connectivity index (χ2v) is 7.10. The number of aliphatic hydroxyl groups excluding tert-OH is 1. The van der Waals surface area contributed by atoms with E-state index < -0.39 is 0 Å². The van der Waals surface area contributed by atoms with Gasteiger partial charge in [0.05, 0.1) is 0 Å². The van der Waals surface area contributed by atoms with E-state index in [2.05, 4.69) is 20.9 Å². The van der Waals surface area contributed by atoms with Gasteiger partial charge in [-0.15, -0.1) is 0 Å². The number of hydrogen-bond acceptors (Lipinski definition) is 5. The van der Waals surface area contributed by atoms with E-state index in [4.69, 9.17) is 5.26 Å². The molecule has 1 aliphatic carbocycles. The molecule has 2 aliphatic rings. The Morgan fingerprint density at radius 3 is 2.79 bits per heavy atom. The second-order valence-electron chi connectivity index (χ2n) is 7.10. The molecule has 0 aromatic carbocycles. The molecule has 1 aromatic heterocycles. The highest BCUT2D eigenvalue weighted by Crippen LogP contribution is 2.27. The molecule has 2 fully saturated rings. The normalized spacial score (nSPS) is 23.2. The average Bonchev–Trinajstić information content (AvgIpc) is 2.64. The topological polar surface area (TPSA) is 63.4 Å². The van der Waals surface area contributed by atoms with Crippen LogP contribution in [0.1, 0.15) is 44.2 Å². The summed E-state index contributed by atoms with van der Waals surface area (Å²) in [6, 6.07) is 8.11. The van der Waals surface area contributed by atoms with E-state index in [0.717, 1.165) is 37.8 Å². The fraction of sp³-hybridized carbons (Fsp3) is 0.684. The van der Waals surface area contributed by atoms with Crippen molar-refractivity contribution in [2.24, 2.45) is 5.92 Å². The van der Waals surface area contributed by atoms with Gasteiger partial charge in [0.15, 0.2) is 0 Å². The molecular weight excluding hydrogens is 300 g/mol. The Balaban J connectivity index is 1.64. The first kappa shape index (κ1) is 17.2. The predicted octanol–water partition coefficient (Wildman–Crippen LogP) is 2.41. The maximum absolute atomic E-state index is 9.48. The third-order valence-corrected chi connectivity index (χ3v) is 5.46. The van der Waals surface area contributed by atoms with Crippen LogP contribution in [0.5, 0.6) is 0 Å². The Hall–Kier alpha value is -1.64. The molecule has 1 aromatic rings. The lowest BCUT2D eigenvalue weighted by Gasteiger charge is -2.43. The highest BCUT2D eigenvalue weighted by molar-refractivity contribution is 5.42. The maximum Gasteiger partial charge on any atom is 0.142 e. The monoisotopic (exact) mass is 328 g/mol. The van der Waals surface area contributed by atoms with Crippen molar-refractivity contribution in [3.63, 3.8) is 0 Å². The van der Waals surface area contributed by atoms with Crippen LogP contribution in [-0.2, 0) is 0 Å². The largest absolute Gasteiger partial charge is 0.396 e. The SMILES string of the molecule is N#Cc1cccc(N2CCN(CC3CCCCC3)C(CCO)C2)n1. The first-order valence-electron chi connectivity index (χ1n) is 9.27. The molecule has 1 saturated carbocycles. The van der Waals surface area contributed by atoms with Crippen molar-refractivity contribution in [2.45, 2.75) is 44.6 Å². The van der Waals surface area contributed by atoms with E-state index in [1.54, 1.807) is 6.07 Å². The van der Waals surface area contributed by atoms with Gasteiger partial charge >= 0.3 is 0 Å². The van der Waals surface area contributed by atoms with Crippen molar-refractivity contribution >= 4 is 5.82 Å². The minimum Gasteiger partial charge on any atom is -0.396 e. The van der Waals surface area contributed by atoms with Gasteiger partial charge in [-0.1, -0.05) is 25.3 Å².